The van der Waals surface area contributed by atoms with Crippen molar-refractivity contribution in [3.05, 3.63) is 157 Å². The molecule has 0 amide bonds. The summed E-state index contributed by atoms with van der Waals surface area (Å²) in [6.07, 6.45) is 20.7. The standard InChI is InChI=1S/C26H29N.C6H7N.2C2H6/c1-5-24(17-16-22(3)25-13-7-6-8-14-25)26-15-11-19-27-18-10-9-12-21(2)23(4)20-26;7-6-4-2-1-3-5-6;2*1-2/h5-8,10-11,13-20,27H,2-3,9,12H2,1,4H3;1-5H,7H2;2*1-2H3/b17-16-,18-10-,19-11?,23-20+,24-5+,26-15+;;;. The fourth-order valence-electron chi connectivity index (χ4n) is 3.18. The van der Waals surface area contributed by atoms with E-state index < -0.39 is 0 Å². The second-order valence-corrected chi connectivity index (χ2v) is 7.90. The van der Waals surface area contributed by atoms with Crippen LogP contribution in [0, 0.1) is 0 Å². The third kappa shape index (κ3) is 14.5. The number of para-hydroxylation sites is 1. The van der Waals surface area contributed by atoms with Gasteiger partial charge in [0.25, 0.3) is 0 Å². The fraction of sp³-hybridized carbons (Fsp3) is 0.222. The molecule has 1 aliphatic heterocycles. The molecule has 3 rings (SSSR count). The van der Waals surface area contributed by atoms with Gasteiger partial charge in [0.2, 0.25) is 0 Å². The number of anilines is 1. The Balaban J connectivity index is 0.00000105. The summed E-state index contributed by atoms with van der Waals surface area (Å²) in [6.45, 7) is 20.6. The summed E-state index contributed by atoms with van der Waals surface area (Å²) in [5.74, 6) is 0. The van der Waals surface area contributed by atoms with Crippen LogP contribution in [0.5, 0.6) is 0 Å². The maximum Gasteiger partial charge on any atom is 0.0313 e. The molecule has 0 aromatic heterocycles. The molecule has 1 heterocycles. The lowest BCUT2D eigenvalue weighted by molar-refractivity contribution is 0.977. The molecular weight excluding hydrogens is 460 g/mol. The molecule has 0 saturated carbocycles. The average Bonchev–Trinajstić information content (AvgIpc) is 2.96. The first-order valence-corrected chi connectivity index (χ1v) is 13.5. The molecule has 0 aliphatic carbocycles. The van der Waals surface area contributed by atoms with Crippen LogP contribution >= 0.6 is 0 Å². The number of nitrogen functional groups attached to an aromatic ring is 1. The van der Waals surface area contributed by atoms with Crippen molar-refractivity contribution in [1.29, 1.82) is 0 Å². The van der Waals surface area contributed by atoms with E-state index in [2.05, 4.69) is 80.9 Å². The monoisotopic (exact) mass is 508 g/mol. The van der Waals surface area contributed by atoms with Crippen LogP contribution in [0.2, 0.25) is 0 Å². The topological polar surface area (TPSA) is 38.0 Å². The Morgan fingerprint density at radius 3 is 2.05 bits per heavy atom. The Morgan fingerprint density at radius 2 is 1.50 bits per heavy atom. The van der Waals surface area contributed by atoms with E-state index in [0.717, 1.165) is 40.8 Å². The van der Waals surface area contributed by atoms with Gasteiger partial charge in [0.1, 0.15) is 0 Å². The maximum atomic E-state index is 5.36. The van der Waals surface area contributed by atoms with E-state index in [1.54, 1.807) is 0 Å². The minimum atomic E-state index is 0.822. The lowest BCUT2D eigenvalue weighted by Gasteiger charge is -2.09. The van der Waals surface area contributed by atoms with Crippen molar-refractivity contribution in [3.8, 4) is 0 Å². The highest BCUT2D eigenvalue weighted by molar-refractivity contribution is 5.73. The van der Waals surface area contributed by atoms with E-state index >= 15 is 0 Å². The molecule has 2 heteroatoms. The lowest BCUT2D eigenvalue weighted by atomic mass is 9.96. The Bertz CT molecular complexity index is 1110. The molecule has 202 valence electrons. The summed E-state index contributed by atoms with van der Waals surface area (Å²) in [5, 5.41) is 3.17. The Labute approximate surface area is 233 Å². The van der Waals surface area contributed by atoms with Gasteiger partial charge in [0, 0.05) is 11.9 Å². The van der Waals surface area contributed by atoms with Crippen molar-refractivity contribution >= 4 is 11.3 Å². The summed E-state index contributed by atoms with van der Waals surface area (Å²) in [5.41, 5.74) is 13.0. The molecule has 0 atom stereocenters. The van der Waals surface area contributed by atoms with Gasteiger partial charge in [-0.15, -0.1) is 0 Å². The number of hydrogen-bond acceptors (Lipinski definition) is 2. The van der Waals surface area contributed by atoms with Gasteiger partial charge in [0.05, 0.1) is 0 Å². The van der Waals surface area contributed by atoms with Crippen LogP contribution in [0.1, 0.15) is 59.9 Å². The van der Waals surface area contributed by atoms with Gasteiger partial charge in [-0.2, -0.15) is 0 Å². The summed E-state index contributed by atoms with van der Waals surface area (Å²) < 4.78 is 0. The molecule has 38 heavy (non-hydrogen) atoms. The number of hydrogen-bond donors (Lipinski definition) is 2. The minimum absolute atomic E-state index is 0.822. The van der Waals surface area contributed by atoms with Crippen molar-refractivity contribution in [1.82, 2.24) is 5.32 Å². The first kappa shape index (κ1) is 34.0. The van der Waals surface area contributed by atoms with Gasteiger partial charge >= 0.3 is 0 Å². The second-order valence-electron chi connectivity index (χ2n) is 7.90. The van der Waals surface area contributed by atoms with Crippen LogP contribution in [-0.4, -0.2) is 0 Å². The fourth-order valence-corrected chi connectivity index (χ4v) is 3.18. The van der Waals surface area contributed by atoms with Crippen molar-refractivity contribution in [3.63, 3.8) is 0 Å². The SMILES string of the molecule is C=C1CC/C=C\NC=C/C=C(C(/C=C\C(=C)c2ccccc2)=C/C)\C=C\1C.CC.CC.Nc1ccccc1. The van der Waals surface area contributed by atoms with Crippen LogP contribution in [0.4, 0.5) is 5.69 Å². The minimum Gasteiger partial charge on any atom is -0.399 e. The Morgan fingerprint density at radius 1 is 0.895 bits per heavy atom. The molecule has 0 radical (unpaired) electrons. The zero-order valence-electron chi connectivity index (χ0n) is 24.4. The highest BCUT2D eigenvalue weighted by Crippen LogP contribution is 2.22. The third-order valence-electron chi connectivity index (χ3n) is 5.28. The van der Waals surface area contributed by atoms with Gasteiger partial charge < -0.3 is 11.1 Å². The molecule has 2 aromatic carbocycles. The van der Waals surface area contributed by atoms with Crippen molar-refractivity contribution < 1.29 is 0 Å². The molecule has 0 bridgehead atoms. The zero-order chi connectivity index (χ0) is 28.6. The highest BCUT2D eigenvalue weighted by Gasteiger charge is 2.03. The smallest absolute Gasteiger partial charge is 0.0313 e. The largest absolute Gasteiger partial charge is 0.399 e. The second kappa shape index (κ2) is 22.2. The summed E-state index contributed by atoms with van der Waals surface area (Å²) in [6, 6.07) is 19.7. The van der Waals surface area contributed by atoms with Crippen LogP contribution in [-0.2, 0) is 0 Å². The number of rotatable bonds is 4. The van der Waals surface area contributed by atoms with Crippen molar-refractivity contribution in [2.75, 3.05) is 5.73 Å². The van der Waals surface area contributed by atoms with E-state index in [9.17, 15) is 0 Å². The van der Waals surface area contributed by atoms with Gasteiger partial charge in [-0.3, -0.25) is 0 Å². The average molecular weight is 509 g/mol. The van der Waals surface area contributed by atoms with Gasteiger partial charge in [-0.25, -0.2) is 0 Å². The lowest BCUT2D eigenvalue weighted by Crippen LogP contribution is -1.94. The number of nitrogens with one attached hydrogen (secondary N) is 1. The predicted molar refractivity (Wildman–Crippen MR) is 174 cm³/mol. The quantitative estimate of drug-likeness (QED) is 0.318. The number of allylic oxidation sites excluding steroid dienone is 12. The summed E-state index contributed by atoms with van der Waals surface area (Å²) in [4.78, 5) is 0. The number of nitrogens with two attached hydrogens (primary N) is 1. The highest BCUT2D eigenvalue weighted by atomic mass is 14.8. The van der Waals surface area contributed by atoms with Crippen molar-refractivity contribution in [2.24, 2.45) is 0 Å². The molecule has 1 aliphatic rings. The van der Waals surface area contributed by atoms with Gasteiger partial charge in [-0.1, -0.05) is 131 Å². The zero-order valence-corrected chi connectivity index (χ0v) is 24.4. The normalized spacial score (nSPS) is 17.0. The molecule has 2 nitrogen and oxygen atoms in total. The first-order valence-electron chi connectivity index (χ1n) is 13.5. The molecule has 0 spiro atoms. The van der Waals surface area contributed by atoms with E-state index in [1.165, 1.54) is 11.1 Å². The molecule has 0 fully saturated rings. The molecular formula is C36H48N2. The van der Waals surface area contributed by atoms with Crippen LogP contribution < -0.4 is 11.1 Å². The van der Waals surface area contributed by atoms with Crippen LogP contribution in [0.3, 0.4) is 0 Å². The van der Waals surface area contributed by atoms with Crippen LogP contribution in [0.25, 0.3) is 5.57 Å². The maximum absolute atomic E-state index is 5.36. The van der Waals surface area contributed by atoms with E-state index in [-0.39, 0.29) is 0 Å². The third-order valence-corrected chi connectivity index (χ3v) is 5.28. The van der Waals surface area contributed by atoms with Gasteiger partial charge in [0.15, 0.2) is 0 Å². The van der Waals surface area contributed by atoms with E-state index in [1.807, 2.05) is 94.7 Å². The van der Waals surface area contributed by atoms with Crippen LogP contribution in [0.15, 0.2) is 151 Å². The Hall–Kier alpha value is -4.04. The van der Waals surface area contributed by atoms with Crippen molar-refractivity contribution in [2.45, 2.75) is 54.4 Å². The summed E-state index contributed by atoms with van der Waals surface area (Å²) >= 11 is 0. The van der Waals surface area contributed by atoms with E-state index in [0.29, 0.717) is 0 Å². The molecule has 3 N–H and O–H groups in total. The molecule has 0 saturated heterocycles. The predicted octanol–water partition coefficient (Wildman–Crippen LogP) is 10.4. The Kier molecular flexibility index (Phi) is 19.8. The van der Waals surface area contributed by atoms with E-state index in [4.69, 9.17) is 5.73 Å². The van der Waals surface area contributed by atoms with Gasteiger partial charge in [-0.05, 0) is 79.0 Å². The molecule has 2 aromatic rings. The number of benzene rings is 2. The first-order chi connectivity index (χ1) is 18.5. The summed E-state index contributed by atoms with van der Waals surface area (Å²) in [7, 11) is 0. The molecule has 0 unspecified atom stereocenters.